The van der Waals surface area contributed by atoms with Crippen LogP contribution < -0.4 is 10.2 Å². The summed E-state index contributed by atoms with van der Waals surface area (Å²) in [5.74, 6) is 3.67. The van der Waals surface area contributed by atoms with Crippen LogP contribution in [-0.4, -0.2) is 65.5 Å². The van der Waals surface area contributed by atoms with Crippen molar-refractivity contribution < 1.29 is 10.3 Å². The van der Waals surface area contributed by atoms with Crippen molar-refractivity contribution in [3.8, 4) is 0 Å². The molecule has 0 spiro atoms. The van der Waals surface area contributed by atoms with Crippen LogP contribution in [-0.2, 0) is 4.79 Å². The van der Waals surface area contributed by atoms with Gasteiger partial charge in [0.25, 0.3) is 0 Å². The zero-order valence-corrected chi connectivity index (χ0v) is 19.1. The molecule has 1 saturated heterocycles. The molecule has 4 saturated carbocycles. The van der Waals surface area contributed by atoms with Gasteiger partial charge in [0.1, 0.15) is 0 Å². The summed E-state index contributed by atoms with van der Waals surface area (Å²) in [6.07, 6.45) is 11.2. The Balaban J connectivity index is 0.00000107. The first-order chi connectivity index (χ1) is 13.2. The van der Waals surface area contributed by atoms with Crippen molar-refractivity contribution in [1.29, 1.82) is 0 Å². The molecule has 4 aliphatic carbocycles. The van der Waals surface area contributed by atoms with Gasteiger partial charge < -0.3 is 15.7 Å². The Kier molecular flexibility index (Phi) is 8.74. The third-order valence-corrected chi connectivity index (χ3v) is 7.44. The number of hydrogen-bond acceptors (Lipinski definition) is 5. The molecule has 1 aromatic heterocycles. The molecule has 5 fully saturated rings. The van der Waals surface area contributed by atoms with E-state index in [9.17, 15) is 4.79 Å². The van der Waals surface area contributed by atoms with Crippen LogP contribution in [0.5, 0.6) is 0 Å². The zero-order valence-electron chi connectivity index (χ0n) is 17.5. The van der Waals surface area contributed by atoms with Crippen LogP contribution in [0.3, 0.4) is 0 Å². The highest BCUT2D eigenvalue weighted by atomic mass is 35.5. The molecule has 6 rings (SSSR count). The molecule has 1 amide bonds. The zero-order chi connectivity index (χ0) is 18.3. The van der Waals surface area contributed by atoms with Crippen LogP contribution in [0.4, 0.5) is 5.95 Å². The van der Waals surface area contributed by atoms with Crippen LogP contribution in [0, 0.1) is 23.2 Å². The van der Waals surface area contributed by atoms with Gasteiger partial charge in [0.15, 0.2) is 0 Å². The van der Waals surface area contributed by atoms with E-state index in [2.05, 4.69) is 25.1 Å². The molecule has 0 radical (unpaired) electrons. The molecule has 0 unspecified atom stereocenters. The smallest absolute Gasteiger partial charge is 0.226 e. The molecule has 0 atom stereocenters. The number of amides is 1. The van der Waals surface area contributed by atoms with Crippen molar-refractivity contribution in [3.63, 3.8) is 0 Å². The van der Waals surface area contributed by atoms with E-state index >= 15 is 0 Å². The first-order valence-electron chi connectivity index (χ1n) is 10.7. The van der Waals surface area contributed by atoms with E-state index in [0.29, 0.717) is 5.91 Å². The fraction of sp³-hybridized carbons (Fsp3) is 0.762. The Hall–Kier alpha value is -1.15. The predicted octanol–water partition coefficient (Wildman–Crippen LogP) is 1.95. The molecule has 2 heterocycles. The Morgan fingerprint density at radius 2 is 1.50 bits per heavy atom. The number of carbonyl (C=O) groups excluding carboxylic acids is 1. The van der Waals surface area contributed by atoms with Crippen molar-refractivity contribution in [2.24, 2.45) is 23.2 Å². The standard InChI is InChI=1S/C21H31N5O.2ClH.H2O/c27-19(21-13-16-10-17(14-21)12-18(11-16)15-21)22-4-5-25-6-8-26(9-7-25)20-23-2-1-3-24-20;;;/h1-3,16-18H,4-15H2,(H,22,27);2*1H;1H2. The second-order valence-electron chi connectivity index (χ2n) is 9.33. The number of aromatic nitrogens is 2. The molecule has 1 aliphatic heterocycles. The molecular weight excluding hydrogens is 425 g/mol. The van der Waals surface area contributed by atoms with Crippen LogP contribution in [0.1, 0.15) is 38.5 Å². The summed E-state index contributed by atoms with van der Waals surface area (Å²) < 4.78 is 0. The number of anilines is 1. The lowest BCUT2D eigenvalue weighted by Crippen LogP contribution is -2.55. The number of nitrogens with one attached hydrogen (secondary N) is 1. The van der Waals surface area contributed by atoms with E-state index in [4.69, 9.17) is 0 Å². The molecule has 170 valence electrons. The number of nitrogens with zero attached hydrogens (tertiary/aromatic N) is 4. The van der Waals surface area contributed by atoms with Gasteiger partial charge in [-0.15, -0.1) is 24.8 Å². The van der Waals surface area contributed by atoms with Gasteiger partial charge >= 0.3 is 0 Å². The van der Waals surface area contributed by atoms with Gasteiger partial charge in [-0.3, -0.25) is 9.69 Å². The summed E-state index contributed by atoms with van der Waals surface area (Å²) in [5, 5.41) is 3.31. The van der Waals surface area contributed by atoms with E-state index in [1.807, 2.05) is 6.07 Å². The van der Waals surface area contributed by atoms with E-state index in [0.717, 1.165) is 82.2 Å². The van der Waals surface area contributed by atoms with Crippen molar-refractivity contribution in [3.05, 3.63) is 18.5 Å². The summed E-state index contributed by atoms with van der Waals surface area (Å²) in [4.78, 5) is 26.4. The molecule has 30 heavy (non-hydrogen) atoms. The van der Waals surface area contributed by atoms with Crippen LogP contribution in [0.15, 0.2) is 18.5 Å². The summed E-state index contributed by atoms with van der Waals surface area (Å²) >= 11 is 0. The molecule has 5 aliphatic rings. The maximum absolute atomic E-state index is 13.0. The Bertz CT molecular complexity index is 650. The second-order valence-corrected chi connectivity index (χ2v) is 9.33. The molecule has 1 aromatic rings. The summed E-state index contributed by atoms with van der Waals surface area (Å²) in [5.41, 5.74) is -0.0158. The minimum Gasteiger partial charge on any atom is -0.412 e. The maximum Gasteiger partial charge on any atom is 0.226 e. The number of carbonyl (C=O) groups is 1. The minimum absolute atomic E-state index is 0. The molecule has 4 bridgehead atoms. The number of halogens is 2. The highest BCUT2D eigenvalue weighted by Gasteiger charge is 2.54. The lowest BCUT2D eigenvalue weighted by atomic mass is 9.49. The highest BCUT2D eigenvalue weighted by molar-refractivity contribution is 5.85. The van der Waals surface area contributed by atoms with Gasteiger partial charge in [-0.1, -0.05) is 0 Å². The van der Waals surface area contributed by atoms with Crippen molar-refractivity contribution in [2.75, 3.05) is 44.2 Å². The quantitative estimate of drug-likeness (QED) is 0.725. The van der Waals surface area contributed by atoms with Crippen molar-refractivity contribution >= 4 is 36.7 Å². The van der Waals surface area contributed by atoms with E-state index < -0.39 is 0 Å². The fourth-order valence-electron chi connectivity index (χ4n) is 6.53. The highest BCUT2D eigenvalue weighted by Crippen LogP contribution is 2.60. The lowest BCUT2D eigenvalue weighted by molar-refractivity contribution is -0.146. The maximum atomic E-state index is 13.0. The van der Waals surface area contributed by atoms with E-state index in [1.54, 1.807) is 12.4 Å². The van der Waals surface area contributed by atoms with E-state index in [-0.39, 0.29) is 35.7 Å². The van der Waals surface area contributed by atoms with Crippen molar-refractivity contribution in [1.82, 2.24) is 20.2 Å². The minimum atomic E-state index is -0.0158. The first-order valence-corrected chi connectivity index (χ1v) is 10.7. The number of rotatable bonds is 5. The second kappa shape index (κ2) is 10.4. The van der Waals surface area contributed by atoms with Crippen molar-refractivity contribution in [2.45, 2.75) is 38.5 Å². The van der Waals surface area contributed by atoms with Crippen LogP contribution >= 0.6 is 24.8 Å². The average Bonchev–Trinajstić information content (AvgIpc) is 2.68. The average molecular weight is 460 g/mol. The lowest BCUT2D eigenvalue weighted by Gasteiger charge is -2.55. The Morgan fingerprint density at radius 3 is 2.03 bits per heavy atom. The third-order valence-electron chi connectivity index (χ3n) is 7.44. The molecule has 0 aromatic carbocycles. The Labute approximate surface area is 191 Å². The van der Waals surface area contributed by atoms with Gasteiger partial charge in [0, 0.05) is 57.1 Å². The van der Waals surface area contributed by atoms with Crippen LogP contribution in [0.2, 0.25) is 0 Å². The molecule has 3 N–H and O–H groups in total. The predicted molar refractivity (Wildman–Crippen MR) is 122 cm³/mol. The topological polar surface area (TPSA) is 92.9 Å². The Morgan fingerprint density at radius 1 is 0.967 bits per heavy atom. The van der Waals surface area contributed by atoms with Gasteiger partial charge in [-0.25, -0.2) is 9.97 Å². The monoisotopic (exact) mass is 459 g/mol. The number of piperazine rings is 1. The van der Waals surface area contributed by atoms with Crippen LogP contribution in [0.25, 0.3) is 0 Å². The first kappa shape index (κ1) is 25.1. The largest absolute Gasteiger partial charge is 0.412 e. The number of hydrogen-bond donors (Lipinski definition) is 1. The van der Waals surface area contributed by atoms with Gasteiger partial charge in [0.2, 0.25) is 11.9 Å². The third kappa shape index (κ3) is 5.01. The van der Waals surface area contributed by atoms with Gasteiger partial charge in [0.05, 0.1) is 0 Å². The summed E-state index contributed by atoms with van der Waals surface area (Å²) in [7, 11) is 0. The van der Waals surface area contributed by atoms with E-state index in [1.165, 1.54) is 19.3 Å². The summed E-state index contributed by atoms with van der Waals surface area (Å²) in [6.45, 7) is 5.64. The molecule has 7 nitrogen and oxygen atoms in total. The molecular formula is C21H35Cl2N5O2. The SMILES string of the molecule is Cl.Cl.O.O=C(NCCN1CCN(c2ncccn2)CC1)C12CC3CC(CC(C3)C1)C2. The normalized spacial score (nSPS) is 31.9. The fourth-order valence-corrected chi connectivity index (χ4v) is 6.53. The van der Waals surface area contributed by atoms with Gasteiger partial charge in [-0.2, -0.15) is 0 Å². The molecule has 9 heteroatoms. The van der Waals surface area contributed by atoms with Gasteiger partial charge in [-0.05, 0) is 62.3 Å². The summed E-state index contributed by atoms with van der Waals surface area (Å²) in [6, 6.07) is 1.85.